The Bertz CT molecular complexity index is 1160. The van der Waals surface area contributed by atoms with Gasteiger partial charge in [-0.05, 0) is 36.2 Å². The molecule has 0 bridgehead atoms. The van der Waals surface area contributed by atoms with Crippen molar-refractivity contribution in [2.45, 2.75) is 11.3 Å². The molecular weight excluding hydrogens is 408 g/mol. The molecule has 2 N–H and O–H groups in total. The molecule has 2 heterocycles. The summed E-state index contributed by atoms with van der Waals surface area (Å²) in [5.74, 6) is -1.27. The lowest BCUT2D eigenvalue weighted by molar-refractivity contribution is -0.118. The molecule has 2 aliphatic rings. The molecule has 0 aliphatic carbocycles. The van der Waals surface area contributed by atoms with Gasteiger partial charge in [-0.2, -0.15) is 4.31 Å². The van der Waals surface area contributed by atoms with Crippen LogP contribution >= 0.6 is 0 Å². The van der Waals surface area contributed by atoms with Crippen molar-refractivity contribution in [3.63, 3.8) is 0 Å². The number of carbonyl (C=O) groups is 3. The summed E-state index contributed by atoms with van der Waals surface area (Å²) in [6.45, 7) is -0.0250. The number of fused-ring (bicyclic) bond motifs is 2. The molecule has 0 saturated carbocycles. The van der Waals surface area contributed by atoms with Crippen molar-refractivity contribution in [1.29, 1.82) is 0 Å². The van der Waals surface area contributed by atoms with E-state index in [1.165, 1.54) is 25.2 Å². The zero-order valence-electron chi connectivity index (χ0n) is 16.2. The Morgan fingerprint density at radius 2 is 1.93 bits per heavy atom. The summed E-state index contributed by atoms with van der Waals surface area (Å²) in [7, 11) is -2.71. The van der Waals surface area contributed by atoms with E-state index in [0.29, 0.717) is 6.54 Å². The number of anilines is 2. The largest absolute Gasteiger partial charge is 0.343 e. The number of nitrogens with zero attached hydrogens (tertiary/aromatic N) is 2. The Morgan fingerprint density at radius 3 is 2.73 bits per heavy atom. The molecule has 4 rings (SSSR count). The fourth-order valence-corrected chi connectivity index (χ4v) is 4.72. The summed E-state index contributed by atoms with van der Waals surface area (Å²) in [6.07, 6.45) is 0.726. The van der Waals surface area contributed by atoms with Crippen molar-refractivity contribution in [1.82, 2.24) is 9.62 Å². The maximum Gasteiger partial charge on any atom is 0.253 e. The van der Waals surface area contributed by atoms with E-state index in [1.54, 1.807) is 4.90 Å². The Balaban J connectivity index is 1.56. The van der Waals surface area contributed by atoms with Crippen LogP contribution in [0.2, 0.25) is 0 Å². The van der Waals surface area contributed by atoms with E-state index in [2.05, 4.69) is 10.6 Å². The predicted molar refractivity (Wildman–Crippen MR) is 110 cm³/mol. The maximum atomic E-state index is 13.0. The van der Waals surface area contributed by atoms with Crippen LogP contribution in [0.1, 0.15) is 15.9 Å². The third-order valence-corrected chi connectivity index (χ3v) is 6.97. The number of hydrogen-bond acceptors (Lipinski definition) is 5. The number of sulfonamides is 1. The Labute approximate surface area is 173 Å². The topological polar surface area (TPSA) is 116 Å². The fourth-order valence-electron chi connectivity index (χ4n) is 3.57. The van der Waals surface area contributed by atoms with Gasteiger partial charge in [0.15, 0.2) is 0 Å². The van der Waals surface area contributed by atoms with Crippen molar-refractivity contribution < 1.29 is 22.8 Å². The zero-order valence-corrected chi connectivity index (χ0v) is 17.0. The average Bonchev–Trinajstić information content (AvgIpc) is 3.10. The first-order valence-corrected chi connectivity index (χ1v) is 10.8. The highest BCUT2D eigenvalue weighted by atomic mass is 32.2. The maximum absolute atomic E-state index is 13.0. The summed E-state index contributed by atoms with van der Waals surface area (Å²) in [4.78, 5) is 38.0. The summed E-state index contributed by atoms with van der Waals surface area (Å²) in [6, 6.07) is 11.4. The SMILES string of the molecule is CN(CC(=O)N1CCc2ccccc21)S(=O)(=O)c1ccc2c(c1)C(=O)NCC(=O)N2. The molecule has 0 spiro atoms. The molecule has 0 radical (unpaired) electrons. The summed E-state index contributed by atoms with van der Waals surface area (Å²) < 4.78 is 27.0. The van der Waals surface area contributed by atoms with Gasteiger partial charge in [0.2, 0.25) is 21.8 Å². The minimum atomic E-state index is -4.03. The lowest BCUT2D eigenvalue weighted by atomic mass is 10.1. The van der Waals surface area contributed by atoms with Gasteiger partial charge < -0.3 is 15.5 Å². The molecule has 0 aromatic heterocycles. The molecule has 2 aliphatic heterocycles. The van der Waals surface area contributed by atoms with E-state index in [1.807, 2.05) is 24.3 Å². The minimum absolute atomic E-state index is 0.0510. The van der Waals surface area contributed by atoms with Crippen LogP contribution in [0, 0.1) is 0 Å². The van der Waals surface area contributed by atoms with E-state index < -0.39 is 21.8 Å². The number of likely N-dealkylation sites (N-methyl/N-ethyl adjacent to an activating group) is 1. The van der Waals surface area contributed by atoms with Crippen LogP contribution in [0.4, 0.5) is 11.4 Å². The summed E-state index contributed by atoms with van der Waals surface area (Å²) in [5.41, 5.74) is 2.14. The number of nitrogens with one attached hydrogen (secondary N) is 2. The number of carbonyl (C=O) groups excluding carboxylic acids is 3. The molecule has 10 heteroatoms. The van der Waals surface area contributed by atoms with E-state index in [9.17, 15) is 22.8 Å². The number of benzene rings is 2. The van der Waals surface area contributed by atoms with Crippen molar-refractivity contribution in [2.75, 3.05) is 36.9 Å². The normalized spacial score (nSPS) is 15.9. The monoisotopic (exact) mass is 428 g/mol. The second-order valence-corrected chi connectivity index (χ2v) is 9.17. The van der Waals surface area contributed by atoms with Gasteiger partial charge in [0, 0.05) is 19.3 Å². The molecule has 156 valence electrons. The van der Waals surface area contributed by atoms with Crippen molar-refractivity contribution in [3.05, 3.63) is 53.6 Å². The Kier molecular flexibility index (Phi) is 5.04. The molecule has 2 aromatic carbocycles. The Morgan fingerprint density at radius 1 is 1.17 bits per heavy atom. The van der Waals surface area contributed by atoms with E-state index in [0.717, 1.165) is 22.0 Å². The van der Waals surface area contributed by atoms with Crippen molar-refractivity contribution in [3.8, 4) is 0 Å². The summed E-state index contributed by atoms with van der Waals surface area (Å²) >= 11 is 0. The minimum Gasteiger partial charge on any atom is -0.343 e. The Hall–Kier alpha value is -3.24. The van der Waals surface area contributed by atoms with E-state index in [-0.39, 0.29) is 35.1 Å². The van der Waals surface area contributed by atoms with Crippen molar-refractivity contribution in [2.24, 2.45) is 0 Å². The van der Waals surface area contributed by atoms with Crippen LogP contribution in [0.15, 0.2) is 47.4 Å². The molecule has 3 amide bonds. The predicted octanol–water partition coefficient (Wildman–Crippen LogP) is 0.578. The quantitative estimate of drug-likeness (QED) is 0.739. The van der Waals surface area contributed by atoms with Gasteiger partial charge in [-0.15, -0.1) is 0 Å². The highest BCUT2D eigenvalue weighted by molar-refractivity contribution is 7.89. The molecule has 9 nitrogen and oxygen atoms in total. The van der Waals surface area contributed by atoms with Gasteiger partial charge in [0.25, 0.3) is 5.91 Å². The van der Waals surface area contributed by atoms with Gasteiger partial charge in [0.05, 0.1) is 29.2 Å². The fraction of sp³-hybridized carbons (Fsp3) is 0.250. The first-order valence-electron chi connectivity index (χ1n) is 9.34. The highest BCUT2D eigenvalue weighted by Crippen LogP contribution is 2.28. The average molecular weight is 428 g/mol. The second kappa shape index (κ2) is 7.54. The van der Waals surface area contributed by atoms with E-state index in [4.69, 9.17) is 0 Å². The van der Waals surface area contributed by atoms with Crippen LogP contribution in [-0.2, 0) is 26.0 Å². The van der Waals surface area contributed by atoms with E-state index >= 15 is 0 Å². The third-order valence-electron chi connectivity index (χ3n) is 5.17. The van der Waals surface area contributed by atoms with Crippen LogP contribution < -0.4 is 15.5 Å². The standard InChI is InChI=1S/C20H20N4O5S/c1-23(12-19(26)24-9-8-13-4-2-3-5-17(13)24)30(28,29)14-6-7-16-15(10-14)20(27)21-11-18(25)22-16/h2-7,10H,8-9,11-12H2,1H3,(H,21,27)(H,22,25). The van der Waals surface area contributed by atoms with Gasteiger partial charge in [0.1, 0.15) is 0 Å². The van der Waals surface area contributed by atoms with Gasteiger partial charge in [-0.25, -0.2) is 8.42 Å². The van der Waals surface area contributed by atoms with Crippen LogP contribution in [-0.4, -0.2) is 57.1 Å². The van der Waals surface area contributed by atoms with Crippen molar-refractivity contribution >= 4 is 39.1 Å². The van der Waals surface area contributed by atoms with Gasteiger partial charge >= 0.3 is 0 Å². The van der Waals surface area contributed by atoms with Crippen LogP contribution in [0.5, 0.6) is 0 Å². The highest BCUT2D eigenvalue weighted by Gasteiger charge is 2.30. The number of para-hydroxylation sites is 1. The number of amides is 3. The first-order chi connectivity index (χ1) is 14.3. The molecule has 0 atom stereocenters. The number of hydrogen-bond donors (Lipinski definition) is 2. The third kappa shape index (κ3) is 3.55. The van der Waals surface area contributed by atoms with Gasteiger partial charge in [-0.1, -0.05) is 18.2 Å². The molecule has 0 saturated heterocycles. The lowest BCUT2D eigenvalue weighted by Gasteiger charge is -2.22. The van der Waals surface area contributed by atoms with Crippen LogP contribution in [0.25, 0.3) is 0 Å². The molecule has 0 unspecified atom stereocenters. The first kappa shape index (κ1) is 20.0. The second-order valence-electron chi connectivity index (χ2n) is 7.12. The molecular formula is C20H20N4O5S. The summed E-state index contributed by atoms with van der Waals surface area (Å²) in [5, 5.41) is 4.96. The van der Waals surface area contributed by atoms with Crippen LogP contribution in [0.3, 0.4) is 0 Å². The molecule has 2 aromatic rings. The van der Waals surface area contributed by atoms with Gasteiger partial charge in [-0.3, -0.25) is 14.4 Å². The molecule has 30 heavy (non-hydrogen) atoms. The number of rotatable bonds is 4. The molecule has 0 fully saturated rings. The lowest BCUT2D eigenvalue weighted by Crippen LogP contribution is -2.40. The zero-order chi connectivity index (χ0) is 21.5. The smallest absolute Gasteiger partial charge is 0.253 e.